The lowest BCUT2D eigenvalue weighted by Gasteiger charge is -2.14. The number of carbonyl (C=O) groups is 1. The zero-order valence-electron chi connectivity index (χ0n) is 11.8. The highest BCUT2D eigenvalue weighted by Crippen LogP contribution is 2.12. The first-order chi connectivity index (χ1) is 9.19. The molecule has 0 saturated carbocycles. The molecule has 0 saturated heterocycles. The summed E-state index contributed by atoms with van der Waals surface area (Å²) < 4.78 is 5.41. The van der Waals surface area contributed by atoms with E-state index < -0.39 is 0 Å². The second kappa shape index (κ2) is 11.3. The van der Waals surface area contributed by atoms with Crippen molar-refractivity contribution in [3.05, 3.63) is 61.8 Å². The van der Waals surface area contributed by atoms with E-state index >= 15 is 0 Å². The second-order valence-corrected chi connectivity index (χ2v) is 4.08. The van der Waals surface area contributed by atoms with Crippen LogP contribution in [0.2, 0.25) is 0 Å². The Labute approximate surface area is 116 Å². The quantitative estimate of drug-likeness (QED) is 0.190. The van der Waals surface area contributed by atoms with Crippen molar-refractivity contribution in [3.63, 3.8) is 0 Å². The van der Waals surface area contributed by atoms with E-state index in [-0.39, 0.29) is 12.1 Å². The first-order valence-corrected chi connectivity index (χ1v) is 6.56. The molecule has 104 valence electrons. The summed E-state index contributed by atoms with van der Waals surface area (Å²) in [6, 6.07) is 0. The van der Waals surface area contributed by atoms with Gasteiger partial charge in [0.05, 0.1) is 0 Å². The maximum Gasteiger partial charge on any atom is 0.334 e. The summed E-state index contributed by atoms with van der Waals surface area (Å²) in [7, 11) is 0. The minimum Gasteiger partial charge on any atom is -0.455 e. The molecule has 0 amide bonds. The van der Waals surface area contributed by atoms with Crippen molar-refractivity contribution >= 4 is 5.97 Å². The number of unbranched alkanes of at least 4 members (excludes halogenated alkanes) is 1. The Morgan fingerprint density at radius 1 is 1.32 bits per heavy atom. The molecule has 2 heteroatoms. The smallest absolute Gasteiger partial charge is 0.334 e. The van der Waals surface area contributed by atoms with E-state index in [1.165, 1.54) is 0 Å². The minimum absolute atomic E-state index is 0.231. The highest BCUT2D eigenvalue weighted by Gasteiger charge is 2.13. The average molecular weight is 260 g/mol. The molecule has 0 radical (unpaired) electrons. The summed E-state index contributed by atoms with van der Waals surface area (Å²) in [4.78, 5) is 12.0. The summed E-state index contributed by atoms with van der Waals surface area (Å²) in [5.74, 6) is -0.278. The number of carbonyl (C=O) groups excluding carboxylic acids is 1. The average Bonchev–Trinajstić information content (AvgIpc) is 2.42. The lowest BCUT2D eigenvalue weighted by Crippen LogP contribution is -2.17. The van der Waals surface area contributed by atoms with Crippen LogP contribution in [0.1, 0.15) is 32.6 Å². The Morgan fingerprint density at radius 2 is 2.05 bits per heavy atom. The van der Waals surface area contributed by atoms with E-state index in [4.69, 9.17) is 4.74 Å². The molecule has 1 atom stereocenters. The van der Waals surface area contributed by atoms with Crippen LogP contribution in [0.3, 0.4) is 0 Å². The maximum absolute atomic E-state index is 12.0. The number of hydrogen-bond acceptors (Lipinski definition) is 2. The van der Waals surface area contributed by atoms with Crippen LogP contribution in [0.15, 0.2) is 61.8 Å². The molecule has 0 rings (SSSR count). The molecule has 1 unspecified atom stereocenters. The van der Waals surface area contributed by atoms with E-state index in [1.807, 2.05) is 25.2 Å². The van der Waals surface area contributed by atoms with E-state index in [2.05, 4.69) is 19.7 Å². The highest BCUT2D eigenvalue weighted by atomic mass is 16.5. The van der Waals surface area contributed by atoms with Gasteiger partial charge in [-0.25, -0.2) is 4.79 Å². The maximum atomic E-state index is 12.0. The zero-order valence-corrected chi connectivity index (χ0v) is 11.8. The predicted molar refractivity (Wildman–Crippen MR) is 81.8 cm³/mol. The Morgan fingerprint density at radius 3 is 2.58 bits per heavy atom. The molecule has 0 aliphatic rings. The Hall–Kier alpha value is -1.83. The van der Waals surface area contributed by atoms with E-state index in [0.717, 1.165) is 19.3 Å². The van der Waals surface area contributed by atoms with Gasteiger partial charge in [0.1, 0.15) is 6.10 Å². The predicted octanol–water partition coefficient (Wildman–Crippen LogP) is 4.52. The number of allylic oxidation sites excluding steroid dienone is 5. The molecule has 0 fully saturated rings. The fraction of sp³-hybridized carbons (Fsp3) is 0.353. The molecule has 0 aromatic rings. The first kappa shape index (κ1) is 17.2. The van der Waals surface area contributed by atoms with Crippen molar-refractivity contribution in [2.75, 3.05) is 0 Å². The Balaban J connectivity index is 4.36. The van der Waals surface area contributed by atoms with E-state index in [9.17, 15) is 4.79 Å². The molecule has 0 aromatic heterocycles. The fourth-order valence-electron chi connectivity index (χ4n) is 1.51. The van der Waals surface area contributed by atoms with Gasteiger partial charge in [-0.3, -0.25) is 0 Å². The van der Waals surface area contributed by atoms with Crippen LogP contribution in [0.5, 0.6) is 0 Å². The molecule has 0 spiro atoms. The van der Waals surface area contributed by atoms with Crippen molar-refractivity contribution in [1.82, 2.24) is 0 Å². The minimum atomic E-state index is -0.278. The topological polar surface area (TPSA) is 26.3 Å². The van der Waals surface area contributed by atoms with Gasteiger partial charge in [-0.15, -0.1) is 6.58 Å². The molecule has 0 aliphatic carbocycles. The van der Waals surface area contributed by atoms with Crippen LogP contribution in [0, 0.1) is 0 Å². The number of esters is 1. The third kappa shape index (κ3) is 7.98. The van der Waals surface area contributed by atoms with Gasteiger partial charge in [0.15, 0.2) is 0 Å². The van der Waals surface area contributed by atoms with Gasteiger partial charge in [0.25, 0.3) is 0 Å². The van der Waals surface area contributed by atoms with Crippen LogP contribution in [-0.2, 0) is 9.53 Å². The van der Waals surface area contributed by atoms with Gasteiger partial charge in [0.2, 0.25) is 0 Å². The second-order valence-electron chi connectivity index (χ2n) is 4.08. The Bertz CT molecular complexity index is 361. The number of ether oxygens (including phenoxy) is 1. The molecule has 2 nitrogen and oxygen atoms in total. The molecular formula is C17H24O2. The molecule has 0 aromatic carbocycles. The first-order valence-electron chi connectivity index (χ1n) is 6.56. The van der Waals surface area contributed by atoms with Crippen molar-refractivity contribution in [1.29, 1.82) is 0 Å². The summed E-state index contributed by atoms with van der Waals surface area (Å²) in [5, 5.41) is 0. The van der Waals surface area contributed by atoms with E-state index in [1.54, 1.807) is 18.2 Å². The molecule has 0 N–H and O–H groups in total. The fourth-order valence-corrected chi connectivity index (χ4v) is 1.51. The van der Waals surface area contributed by atoms with E-state index in [0.29, 0.717) is 12.0 Å². The van der Waals surface area contributed by atoms with Crippen LogP contribution in [0.4, 0.5) is 0 Å². The third-order valence-electron chi connectivity index (χ3n) is 2.64. The standard InChI is InChI=1S/C17H24O2/c1-5-9-11-13-15(7-3)17(18)19-16(8-4)14-12-10-6-2/h5-9,11,16H,1-2,4,10,12-14H2,3H3/b11-9+,15-7+. The summed E-state index contributed by atoms with van der Waals surface area (Å²) in [6.07, 6.45) is 13.6. The van der Waals surface area contributed by atoms with Crippen molar-refractivity contribution in [2.24, 2.45) is 0 Å². The highest BCUT2D eigenvalue weighted by molar-refractivity contribution is 5.88. The number of rotatable bonds is 10. The summed E-state index contributed by atoms with van der Waals surface area (Å²) in [6.45, 7) is 12.8. The lowest BCUT2D eigenvalue weighted by atomic mass is 10.1. The largest absolute Gasteiger partial charge is 0.455 e. The van der Waals surface area contributed by atoms with Gasteiger partial charge in [-0.05, 0) is 32.6 Å². The van der Waals surface area contributed by atoms with Gasteiger partial charge in [0, 0.05) is 5.57 Å². The molecular weight excluding hydrogens is 236 g/mol. The van der Waals surface area contributed by atoms with Crippen molar-refractivity contribution in [2.45, 2.75) is 38.7 Å². The van der Waals surface area contributed by atoms with Crippen LogP contribution >= 0.6 is 0 Å². The molecule has 0 heterocycles. The molecule has 0 aliphatic heterocycles. The van der Waals surface area contributed by atoms with Crippen molar-refractivity contribution < 1.29 is 9.53 Å². The van der Waals surface area contributed by atoms with Crippen LogP contribution < -0.4 is 0 Å². The monoisotopic (exact) mass is 260 g/mol. The Kier molecular flexibility index (Phi) is 10.2. The summed E-state index contributed by atoms with van der Waals surface area (Å²) in [5.41, 5.74) is 0.647. The zero-order chi connectivity index (χ0) is 14.5. The number of hydrogen-bond donors (Lipinski definition) is 0. The van der Waals surface area contributed by atoms with Gasteiger partial charge in [-0.2, -0.15) is 0 Å². The third-order valence-corrected chi connectivity index (χ3v) is 2.64. The summed E-state index contributed by atoms with van der Waals surface area (Å²) >= 11 is 0. The lowest BCUT2D eigenvalue weighted by molar-refractivity contribution is -0.142. The van der Waals surface area contributed by atoms with Gasteiger partial charge in [-0.1, -0.05) is 49.6 Å². The van der Waals surface area contributed by atoms with Crippen molar-refractivity contribution in [3.8, 4) is 0 Å². The van der Waals surface area contributed by atoms with Crippen LogP contribution in [-0.4, -0.2) is 12.1 Å². The normalized spacial score (nSPS) is 13.0. The molecule has 19 heavy (non-hydrogen) atoms. The SMILES string of the molecule is C=C/C=C/C/C(=C\C)C(=O)OC(C=C)CCCC=C. The van der Waals surface area contributed by atoms with Gasteiger partial charge >= 0.3 is 5.97 Å². The van der Waals surface area contributed by atoms with Crippen LogP contribution in [0.25, 0.3) is 0 Å². The molecule has 0 bridgehead atoms. The van der Waals surface area contributed by atoms with Gasteiger partial charge < -0.3 is 4.74 Å².